The van der Waals surface area contributed by atoms with Crippen molar-refractivity contribution in [1.29, 1.82) is 0 Å². The molecule has 20 heavy (non-hydrogen) atoms. The monoisotopic (exact) mass is 269 g/mol. The Morgan fingerprint density at radius 2 is 2.15 bits per heavy atom. The van der Waals surface area contributed by atoms with Gasteiger partial charge in [-0.2, -0.15) is 0 Å². The molecule has 4 heteroatoms. The van der Waals surface area contributed by atoms with Gasteiger partial charge in [0.1, 0.15) is 17.6 Å². The van der Waals surface area contributed by atoms with E-state index >= 15 is 0 Å². The zero-order chi connectivity index (χ0) is 13.9. The van der Waals surface area contributed by atoms with Crippen molar-refractivity contribution in [1.82, 2.24) is 5.32 Å². The molecule has 1 N–H and O–H groups in total. The normalized spacial score (nSPS) is 12.4. The molecular formula is C16H15NO3. The number of amides is 1. The summed E-state index contributed by atoms with van der Waals surface area (Å²) in [5.74, 6) is 0.730. The Morgan fingerprint density at radius 3 is 2.90 bits per heavy atom. The van der Waals surface area contributed by atoms with Crippen LogP contribution in [0.4, 0.5) is 0 Å². The molecule has 0 saturated heterocycles. The van der Waals surface area contributed by atoms with Crippen LogP contribution in [0.25, 0.3) is 11.0 Å². The quantitative estimate of drug-likeness (QED) is 0.789. The fraction of sp³-hybridized carbons (Fsp3) is 0.188. The van der Waals surface area contributed by atoms with E-state index in [1.165, 1.54) is 12.5 Å². The van der Waals surface area contributed by atoms with E-state index in [-0.39, 0.29) is 11.9 Å². The van der Waals surface area contributed by atoms with Gasteiger partial charge >= 0.3 is 0 Å². The van der Waals surface area contributed by atoms with Crippen LogP contribution in [0.15, 0.2) is 57.8 Å². The average molecular weight is 269 g/mol. The molecule has 3 aromatic rings. The summed E-state index contributed by atoms with van der Waals surface area (Å²) in [5.41, 5.74) is 1.40. The van der Waals surface area contributed by atoms with Crippen molar-refractivity contribution < 1.29 is 13.6 Å². The molecule has 0 bridgehead atoms. The number of rotatable bonds is 4. The van der Waals surface area contributed by atoms with E-state index in [1.54, 1.807) is 6.07 Å². The highest BCUT2D eigenvalue weighted by atomic mass is 16.3. The summed E-state index contributed by atoms with van der Waals surface area (Å²) in [6.45, 7) is 1.95. The first-order chi connectivity index (χ1) is 9.72. The zero-order valence-corrected chi connectivity index (χ0v) is 11.1. The van der Waals surface area contributed by atoms with Crippen molar-refractivity contribution in [2.45, 2.75) is 19.4 Å². The van der Waals surface area contributed by atoms with Crippen LogP contribution in [0.1, 0.15) is 23.0 Å². The van der Waals surface area contributed by atoms with E-state index < -0.39 is 0 Å². The van der Waals surface area contributed by atoms with E-state index in [2.05, 4.69) is 5.32 Å². The summed E-state index contributed by atoms with van der Waals surface area (Å²) in [5, 5.41) is 4.00. The molecule has 1 aromatic carbocycles. The number of nitrogens with one attached hydrogen (secondary N) is 1. The largest absolute Gasteiger partial charge is 0.472 e. The SMILES string of the molecule is CC(Cc1cc2ccccc2o1)NC(=O)c1ccoc1. The molecule has 0 aliphatic carbocycles. The molecule has 3 rings (SSSR count). The molecule has 0 radical (unpaired) electrons. The first kappa shape index (κ1) is 12.5. The summed E-state index contributed by atoms with van der Waals surface area (Å²) in [4.78, 5) is 11.9. The average Bonchev–Trinajstić information content (AvgIpc) is 3.07. The summed E-state index contributed by atoms with van der Waals surface area (Å²) in [7, 11) is 0. The first-order valence-corrected chi connectivity index (χ1v) is 6.53. The van der Waals surface area contributed by atoms with Gasteiger partial charge in [0.25, 0.3) is 5.91 Å². The molecular weight excluding hydrogens is 254 g/mol. The summed E-state index contributed by atoms with van der Waals surface area (Å²) < 4.78 is 10.6. The molecule has 1 unspecified atom stereocenters. The highest BCUT2D eigenvalue weighted by Gasteiger charge is 2.13. The Bertz CT molecular complexity index is 679. The van der Waals surface area contributed by atoms with Crippen molar-refractivity contribution in [2.75, 3.05) is 0 Å². The number of carbonyl (C=O) groups is 1. The van der Waals surface area contributed by atoms with Gasteiger partial charge in [-0.1, -0.05) is 18.2 Å². The van der Waals surface area contributed by atoms with Crippen LogP contribution >= 0.6 is 0 Å². The van der Waals surface area contributed by atoms with Gasteiger partial charge in [-0.25, -0.2) is 0 Å². The molecule has 4 nitrogen and oxygen atoms in total. The van der Waals surface area contributed by atoms with Crippen molar-refractivity contribution in [3.05, 3.63) is 60.2 Å². The molecule has 2 heterocycles. The van der Waals surface area contributed by atoms with Crippen LogP contribution in [0.5, 0.6) is 0 Å². The Hall–Kier alpha value is -2.49. The van der Waals surface area contributed by atoms with E-state index in [0.29, 0.717) is 12.0 Å². The Labute approximate surface area is 116 Å². The molecule has 0 aliphatic heterocycles. The van der Waals surface area contributed by atoms with Gasteiger partial charge in [0, 0.05) is 17.8 Å². The van der Waals surface area contributed by atoms with Crippen molar-refractivity contribution in [2.24, 2.45) is 0 Å². The van der Waals surface area contributed by atoms with Crippen LogP contribution in [0, 0.1) is 0 Å². The number of hydrogen-bond donors (Lipinski definition) is 1. The number of benzene rings is 1. The minimum Gasteiger partial charge on any atom is -0.472 e. The number of carbonyl (C=O) groups excluding carboxylic acids is 1. The van der Waals surface area contributed by atoms with Crippen molar-refractivity contribution >= 4 is 16.9 Å². The highest BCUT2D eigenvalue weighted by molar-refractivity contribution is 5.93. The number of para-hydroxylation sites is 1. The maximum atomic E-state index is 11.9. The molecule has 102 valence electrons. The molecule has 0 fully saturated rings. The second kappa shape index (κ2) is 5.25. The standard InChI is InChI=1S/C16H15NO3/c1-11(17-16(18)13-6-7-19-10-13)8-14-9-12-4-2-3-5-15(12)20-14/h2-7,9-11H,8H2,1H3,(H,17,18). The molecule has 1 atom stereocenters. The second-order valence-corrected chi connectivity index (χ2v) is 4.84. The minimum absolute atomic E-state index is 0.0158. The van der Waals surface area contributed by atoms with Gasteiger partial charge in [-0.05, 0) is 25.1 Å². The predicted octanol–water partition coefficient (Wildman–Crippen LogP) is 3.39. The van der Waals surface area contributed by atoms with Crippen molar-refractivity contribution in [3.63, 3.8) is 0 Å². The Balaban J connectivity index is 1.66. The number of hydrogen-bond acceptors (Lipinski definition) is 3. The van der Waals surface area contributed by atoms with Gasteiger partial charge in [0.05, 0.1) is 11.8 Å². The van der Waals surface area contributed by atoms with Gasteiger partial charge in [-0.3, -0.25) is 4.79 Å². The number of furan rings is 2. The van der Waals surface area contributed by atoms with E-state index in [0.717, 1.165) is 16.7 Å². The summed E-state index contributed by atoms with van der Waals surface area (Å²) >= 11 is 0. The lowest BCUT2D eigenvalue weighted by molar-refractivity contribution is 0.0938. The van der Waals surface area contributed by atoms with Gasteiger partial charge < -0.3 is 14.2 Å². The maximum absolute atomic E-state index is 11.9. The Kier molecular flexibility index (Phi) is 3.29. The third-order valence-corrected chi connectivity index (χ3v) is 3.14. The molecule has 2 aromatic heterocycles. The highest BCUT2D eigenvalue weighted by Crippen LogP contribution is 2.19. The predicted molar refractivity (Wildman–Crippen MR) is 75.6 cm³/mol. The zero-order valence-electron chi connectivity index (χ0n) is 11.1. The fourth-order valence-electron chi connectivity index (χ4n) is 2.19. The third kappa shape index (κ3) is 2.59. The van der Waals surface area contributed by atoms with Crippen molar-refractivity contribution in [3.8, 4) is 0 Å². The van der Waals surface area contributed by atoms with Crippen LogP contribution < -0.4 is 5.32 Å². The third-order valence-electron chi connectivity index (χ3n) is 3.14. The molecule has 0 saturated carbocycles. The summed E-state index contributed by atoms with van der Waals surface area (Å²) in [6.07, 6.45) is 3.57. The Morgan fingerprint density at radius 1 is 1.30 bits per heavy atom. The van der Waals surface area contributed by atoms with Crippen LogP contribution in [0.2, 0.25) is 0 Å². The smallest absolute Gasteiger partial charge is 0.254 e. The fourth-order valence-corrected chi connectivity index (χ4v) is 2.19. The van der Waals surface area contributed by atoms with Crippen LogP contribution in [0.3, 0.4) is 0 Å². The lowest BCUT2D eigenvalue weighted by Crippen LogP contribution is -2.33. The molecule has 1 amide bonds. The van der Waals surface area contributed by atoms with Gasteiger partial charge in [0.15, 0.2) is 0 Å². The maximum Gasteiger partial charge on any atom is 0.254 e. The second-order valence-electron chi connectivity index (χ2n) is 4.84. The van der Waals surface area contributed by atoms with Crippen LogP contribution in [-0.2, 0) is 6.42 Å². The van der Waals surface area contributed by atoms with E-state index in [9.17, 15) is 4.79 Å². The molecule has 0 spiro atoms. The van der Waals surface area contributed by atoms with E-state index in [1.807, 2.05) is 37.3 Å². The molecule has 0 aliphatic rings. The van der Waals surface area contributed by atoms with E-state index in [4.69, 9.17) is 8.83 Å². The topological polar surface area (TPSA) is 55.4 Å². The lowest BCUT2D eigenvalue weighted by Gasteiger charge is -2.11. The van der Waals surface area contributed by atoms with Crippen LogP contribution in [-0.4, -0.2) is 11.9 Å². The lowest BCUT2D eigenvalue weighted by atomic mass is 10.1. The number of fused-ring (bicyclic) bond motifs is 1. The summed E-state index contributed by atoms with van der Waals surface area (Å²) in [6, 6.07) is 11.5. The minimum atomic E-state index is -0.137. The first-order valence-electron chi connectivity index (χ1n) is 6.53. The van der Waals surface area contributed by atoms with Gasteiger partial charge in [0.2, 0.25) is 0 Å². The van der Waals surface area contributed by atoms with Gasteiger partial charge in [-0.15, -0.1) is 0 Å².